The van der Waals surface area contributed by atoms with Gasteiger partial charge in [0.15, 0.2) is 0 Å². The van der Waals surface area contributed by atoms with Crippen molar-refractivity contribution in [2.45, 2.75) is 34.5 Å². The summed E-state index contributed by atoms with van der Waals surface area (Å²) in [5.41, 5.74) is 22.0. The van der Waals surface area contributed by atoms with Crippen LogP contribution >= 0.6 is 11.8 Å². The van der Waals surface area contributed by atoms with E-state index in [2.05, 4.69) is 254 Å². The molecule has 0 radical (unpaired) electrons. The van der Waals surface area contributed by atoms with Gasteiger partial charge in [-0.25, -0.2) is 0 Å². The number of benzene rings is 10. The molecule has 3 heterocycles. The van der Waals surface area contributed by atoms with Crippen LogP contribution in [0.15, 0.2) is 240 Å². The molecule has 1 aliphatic carbocycles. The highest BCUT2D eigenvalue weighted by Crippen LogP contribution is 2.61. The third-order valence-electron chi connectivity index (χ3n) is 15.1. The average molecular weight is 873 g/mol. The Morgan fingerprint density at radius 2 is 0.940 bits per heavy atom. The van der Waals surface area contributed by atoms with Crippen LogP contribution < -0.4 is 4.90 Å². The Kier molecular flexibility index (Phi) is 8.21. The molecule has 0 N–H and O–H groups in total. The predicted molar refractivity (Wildman–Crippen MR) is 280 cm³/mol. The molecule has 316 valence electrons. The minimum absolute atomic E-state index is 0.113. The Morgan fingerprint density at radius 1 is 0.373 bits per heavy atom. The molecule has 0 bridgehead atoms. The Balaban J connectivity index is 0.928. The molecule has 2 nitrogen and oxygen atoms in total. The van der Waals surface area contributed by atoms with Gasteiger partial charge in [0.1, 0.15) is 0 Å². The van der Waals surface area contributed by atoms with Crippen molar-refractivity contribution in [2.24, 2.45) is 0 Å². The van der Waals surface area contributed by atoms with Crippen molar-refractivity contribution in [1.82, 2.24) is 4.57 Å². The molecule has 0 fully saturated rings. The van der Waals surface area contributed by atoms with E-state index in [0.717, 1.165) is 17.1 Å². The molecule has 2 aliphatic heterocycles. The van der Waals surface area contributed by atoms with Crippen LogP contribution in [0.4, 0.5) is 17.1 Å². The highest BCUT2D eigenvalue weighted by atomic mass is 32.2. The van der Waals surface area contributed by atoms with Gasteiger partial charge in [-0.1, -0.05) is 189 Å². The van der Waals surface area contributed by atoms with Crippen molar-refractivity contribution in [3.8, 4) is 39.1 Å². The number of fused-ring (bicyclic) bond motifs is 14. The summed E-state index contributed by atoms with van der Waals surface area (Å²) in [6.07, 6.45) is 0. The lowest BCUT2D eigenvalue weighted by molar-refractivity contribution is 0.660. The Labute approximate surface area is 395 Å². The highest BCUT2D eigenvalue weighted by Gasteiger charge is 2.49. The minimum Gasteiger partial charge on any atom is -0.310 e. The van der Waals surface area contributed by atoms with Crippen molar-refractivity contribution in [2.75, 3.05) is 4.90 Å². The van der Waals surface area contributed by atoms with Crippen LogP contribution in [0.25, 0.3) is 60.9 Å². The van der Waals surface area contributed by atoms with Crippen LogP contribution in [-0.4, -0.2) is 4.57 Å². The second kappa shape index (κ2) is 14.3. The largest absolute Gasteiger partial charge is 0.310 e. The predicted octanol–water partition coefficient (Wildman–Crippen LogP) is 17.1. The zero-order valence-electron chi connectivity index (χ0n) is 37.2. The summed E-state index contributed by atoms with van der Waals surface area (Å²) in [7, 11) is 0. The molecule has 0 amide bonds. The molecule has 1 spiro atoms. The number of para-hydroxylation sites is 3. The van der Waals surface area contributed by atoms with E-state index >= 15 is 0 Å². The van der Waals surface area contributed by atoms with Crippen molar-refractivity contribution >= 4 is 50.6 Å². The van der Waals surface area contributed by atoms with Crippen LogP contribution in [0.1, 0.15) is 47.2 Å². The van der Waals surface area contributed by atoms with Gasteiger partial charge in [-0.15, -0.1) is 0 Å². The van der Waals surface area contributed by atoms with Crippen LogP contribution in [0.3, 0.4) is 0 Å². The highest BCUT2D eigenvalue weighted by molar-refractivity contribution is 7.99. The maximum Gasteiger partial charge on any atom is 0.0764 e. The smallest absolute Gasteiger partial charge is 0.0764 e. The van der Waals surface area contributed by atoms with E-state index in [0.29, 0.717) is 0 Å². The second-order valence-corrected chi connectivity index (χ2v) is 19.9. The zero-order valence-corrected chi connectivity index (χ0v) is 38.1. The third-order valence-corrected chi connectivity index (χ3v) is 16.2. The molecule has 3 heteroatoms. The lowest BCUT2D eigenvalue weighted by atomic mass is 9.62. The van der Waals surface area contributed by atoms with Gasteiger partial charge >= 0.3 is 0 Å². The van der Waals surface area contributed by atoms with Crippen molar-refractivity contribution in [1.29, 1.82) is 0 Å². The normalized spacial score (nSPS) is 15.7. The summed E-state index contributed by atoms with van der Waals surface area (Å²) in [6, 6.07) is 86.2. The molecule has 14 rings (SSSR count). The van der Waals surface area contributed by atoms with Crippen molar-refractivity contribution in [3.63, 3.8) is 0 Å². The van der Waals surface area contributed by atoms with E-state index in [-0.39, 0.29) is 5.41 Å². The summed E-state index contributed by atoms with van der Waals surface area (Å²) in [5, 5.41) is 2.58. The lowest BCUT2D eigenvalue weighted by Crippen LogP contribution is -2.37. The molecule has 67 heavy (non-hydrogen) atoms. The van der Waals surface area contributed by atoms with E-state index in [1.54, 1.807) is 0 Å². The van der Waals surface area contributed by atoms with E-state index < -0.39 is 5.41 Å². The number of hydrogen-bond donors (Lipinski definition) is 0. The molecule has 11 aromatic rings. The number of rotatable bonds is 5. The minimum atomic E-state index is -0.530. The van der Waals surface area contributed by atoms with Crippen LogP contribution in [0.2, 0.25) is 0 Å². The molecule has 10 aromatic carbocycles. The summed E-state index contributed by atoms with van der Waals surface area (Å²) in [6.45, 7) is 4.72. The van der Waals surface area contributed by atoms with Gasteiger partial charge in [-0.05, 0) is 133 Å². The summed E-state index contributed by atoms with van der Waals surface area (Å²) < 4.78 is 2.52. The van der Waals surface area contributed by atoms with E-state index in [9.17, 15) is 0 Å². The van der Waals surface area contributed by atoms with Gasteiger partial charge in [0.05, 0.1) is 22.1 Å². The average Bonchev–Trinajstić information content (AvgIpc) is 3.84. The molecular formula is C64H44N2S. The topological polar surface area (TPSA) is 8.17 Å². The van der Waals surface area contributed by atoms with Gasteiger partial charge in [0.25, 0.3) is 0 Å². The van der Waals surface area contributed by atoms with Gasteiger partial charge in [0, 0.05) is 43.0 Å². The van der Waals surface area contributed by atoms with Gasteiger partial charge < -0.3 is 9.47 Å². The molecule has 1 atom stereocenters. The van der Waals surface area contributed by atoms with Crippen molar-refractivity contribution < 1.29 is 0 Å². The monoisotopic (exact) mass is 872 g/mol. The van der Waals surface area contributed by atoms with E-state index in [4.69, 9.17) is 0 Å². The Morgan fingerprint density at radius 3 is 1.75 bits per heavy atom. The number of aromatic nitrogens is 1. The Bertz CT molecular complexity index is 3800. The van der Waals surface area contributed by atoms with E-state index in [1.165, 1.54) is 104 Å². The maximum atomic E-state index is 2.52. The first-order chi connectivity index (χ1) is 33.0. The van der Waals surface area contributed by atoms with Crippen LogP contribution in [0, 0.1) is 0 Å². The number of nitrogens with zero attached hydrogens (tertiary/aromatic N) is 2. The van der Waals surface area contributed by atoms with Crippen LogP contribution in [-0.2, 0) is 10.8 Å². The summed E-state index contributed by atoms with van der Waals surface area (Å²) in [4.78, 5) is 5.02. The summed E-state index contributed by atoms with van der Waals surface area (Å²) in [5.74, 6) is 0. The van der Waals surface area contributed by atoms with E-state index in [1.807, 2.05) is 11.8 Å². The number of hydrogen-bond acceptors (Lipinski definition) is 2. The fourth-order valence-electron chi connectivity index (χ4n) is 12.0. The first-order valence-corrected chi connectivity index (χ1v) is 24.1. The maximum absolute atomic E-state index is 2.52. The molecule has 1 unspecified atom stereocenters. The second-order valence-electron chi connectivity index (χ2n) is 18.8. The first-order valence-electron chi connectivity index (χ1n) is 23.3. The van der Waals surface area contributed by atoms with Crippen molar-refractivity contribution in [3.05, 3.63) is 264 Å². The molecule has 0 saturated carbocycles. The third kappa shape index (κ3) is 5.41. The quantitative estimate of drug-likeness (QED) is 0.170. The van der Waals surface area contributed by atoms with Gasteiger partial charge in [-0.3, -0.25) is 0 Å². The molecular weight excluding hydrogens is 829 g/mol. The van der Waals surface area contributed by atoms with Gasteiger partial charge in [0.2, 0.25) is 0 Å². The first kappa shape index (κ1) is 38.4. The lowest BCUT2D eigenvalue weighted by Gasteiger charge is -2.45. The van der Waals surface area contributed by atoms with Crippen LogP contribution in [0.5, 0.6) is 0 Å². The zero-order chi connectivity index (χ0) is 44.4. The summed E-state index contributed by atoms with van der Waals surface area (Å²) >= 11 is 1.90. The fraction of sp³-hybridized carbons (Fsp3) is 0.0625. The standard InChI is InChI=1S/C64H44N2S/c1-63(2)52-20-8-6-17-48(52)49-37-36-47(40-56(49)63)65(45-32-27-42(28-33-45)41-15-4-3-5-16-41)46-34-29-43(30-35-46)44-31-38-61-57(39-44)64(54-22-10-13-26-60(54)67-61)53-21-9-12-25-59(53)66-58-24-11-7-18-50(58)51-19-14-23-55(64)62(51)66/h3-40H,1-2H3. The fourth-order valence-corrected chi connectivity index (χ4v) is 13.2. The molecule has 0 saturated heterocycles. The number of anilines is 3. The molecule has 3 aliphatic rings. The SMILES string of the molecule is CC1(C)c2ccccc2-c2ccc(N(c3ccc(-c4ccccc4)cc3)c3ccc(-c4ccc5c(c4)C4(c6ccccc6S5)c5ccccc5-n5c6ccccc6c6cccc4c65)cc3)cc21. The van der Waals surface area contributed by atoms with Gasteiger partial charge in [-0.2, -0.15) is 0 Å². The molecule has 1 aromatic heterocycles. The Hall–Kier alpha value is -7.85.